The summed E-state index contributed by atoms with van der Waals surface area (Å²) in [7, 11) is 1.62. The highest BCUT2D eigenvalue weighted by molar-refractivity contribution is 7.11. The van der Waals surface area contributed by atoms with E-state index in [9.17, 15) is 0 Å². The lowest BCUT2D eigenvalue weighted by Gasteiger charge is -2.17. The van der Waals surface area contributed by atoms with E-state index in [1.165, 1.54) is 0 Å². The Hall–Kier alpha value is -1.14. The molecule has 2 rings (SSSR count). The summed E-state index contributed by atoms with van der Waals surface area (Å²) in [5, 5.41) is 1.64. The molecule has 0 bridgehead atoms. The first-order valence-electron chi connectivity index (χ1n) is 5.37. The number of aromatic nitrogens is 1. The number of benzene rings is 1. The zero-order chi connectivity index (χ0) is 13.1. The van der Waals surface area contributed by atoms with E-state index in [4.69, 9.17) is 22.2 Å². The first kappa shape index (κ1) is 13.3. The Morgan fingerprint density at radius 3 is 2.83 bits per heavy atom. The lowest BCUT2D eigenvalue weighted by atomic mass is 10.1. The molecule has 1 atom stereocenters. The Morgan fingerprint density at radius 1 is 1.50 bits per heavy atom. The summed E-state index contributed by atoms with van der Waals surface area (Å²) in [5.41, 5.74) is 3.68. The molecular formula is C12H14ClN3OS. The minimum Gasteiger partial charge on any atom is -0.496 e. The molecule has 0 saturated heterocycles. The average molecular weight is 284 g/mol. The Bertz CT molecular complexity index is 544. The maximum Gasteiger partial charge on any atom is 0.124 e. The number of ether oxygens (including phenoxy) is 1. The standard InChI is InChI=1S/C12H14ClN3OS/c1-7-15-6-11(18-7)12(16-14)9-5-8(13)3-4-10(9)17-2/h3-6,12,16H,14H2,1-2H3. The summed E-state index contributed by atoms with van der Waals surface area (Å²) in [4.78, 5) is 5.26. The topological polar surface area (TPSA) is 60.2 Å². The fraction of sp³-hybridized carbons (Fsp3) is 0.250. The van der Waals surface area contributed by atoms with Gasteiger partial charge in [0.05, 0.1) is 18.2 Å². The van der Waals surface area contributed by atoms with Gasteiger partial charge in [0, 0.05) is 21.7 Å². The van der Waals surface area contributed by atoms with Crippen molar-refractivity contribution in [2.75, 3.05) is 7.11 Å². The van der Waals surface area contributed by atoms with Crippen molar-refractivity contribution in [3.63, 3.8) is 0 Å². The fourth-order valence-electron chi connectivity index (χ4n) is 1.77. The highest BCUT2D eigenvalue weighted by atomic mass is 35.5. The van der Waals surface area contributed by atoms with Gasteiger partial charge in [0.25, 0.3) is 0 Å². The number of nitrogens with one attached hydrogen (secondary N) is 1. The zero-order valence-electron chi connectivity index (χ0n) is 10.1. The summed E-state index contributed by atoms with van der Waals surface area (Å²) in [5.74, 6) is 6.39. The number of hydrazine groups is 1. The number of halogens is 1. The third-order valence-electron chi connectivity index (χ3n) is 2.59. The first-order valence-corrected chi connectivity index (χ1v) is 6.57. The van der Waals surface area contributed by atoms with E-state index in [1.54, 1.807) is 24.5 Å². The Kier molecular flexibility index (Phi) is 4.19. The lowest BCUT2D eigenvalue weighted by molar-refractivity contribution is 0.404. The normalized spacial score (nSPS) is 12.4. The van der Waals surface area contributed by atoms with Crippen molar-refractivity contribution in [1.29, 1.82) is 0 Å². The molecule has 1 aromatic heterocycles. The second-order valence-corrected chi connectivity index (χ2v) is 5.47. The van der Waals surface area contributed by atoms with E-state index < -0.39 is 0 Å². The highest BCUT2D eigenvalue weighted by Crippen LogP contribution is 2.33. The quantitative estimate of drug-likeness (QED) is 0.669. The molecule has 1 aromatic carbocycles. The molecule has 0 aliphatic carbocycles. The molecule has 0 aliphatic heterocycles. The van der Waals surface area contributed by atoms with Gasteiger partial charge in [-0.05, 0) is 25.1 Å². The van der Waals surface area contributed by atoms with Crippen LogP contribution in [0.2, 0.25) is 5.02 Å². The van der Waals surface area contributed by atoms with E-state index in [-0.39, 0.29) is 6.04 Å². The molecule has 4 nitrogen and oxygen atoms in total. The van der Waals surface area contributed by atoms with E-state index in [1.807, 2.05) is 25.3 Å². The number of aryl methyl sites for hydroxylation is 1. The molecule has 0 radical (unpaired) electrons. The van der Waals surface area contributed by atoms with Crippen LogP contribution in [0.25, 0.3) is 0 Å². The largest absolute Gasteiger partial charge is 0.496 e. The van der Waals surface area contributed by atoms with Crippen LogP contribution in [0.5, 0.6) is 5.75 Å². The van der Waals surface area contributed by atoms with Crippen molar-refractivity contribution >= 4 is 22.9 Å². The minimum absolute atomic E-state index is 0.176. The maximum absolute atomic E-state index is 6.03. The number of thiazole rings is 1. The van der Waals surface area contributed by atoms with Crippen LogP contribution >= 0.6 is 22.9 Å². The first-order chi connectivity index (χ1) is 8.65. The van der Waals surface area contributed by atoms with Crippen molar-refractivity contribution in [3.8, 4) is 5.75 Å². The summed E-state index contributed by atoms with van der Waals surface area (Å²) in [6.45, 7) is 1.96. The third kappa shape index (κ3) is 2.64. The molecule has 0 amide bonds. The van der Waals surface area contributed by atoms with Crippen LogP contribution in [0.15, 0.2) is 24.4 Å². The van der Waals surface area contributed by atoms with Gasteiger partial charge in [-0.25, -0.2) is 10.4 Å². The monoisotopic (exact) mass is 283 g/mol. The summed E-state index contributed by atoms with van der Waals surface area (Å²) >= 11 is 7.62. The molecule has 18 heavy (non-hydrogen) atoms. The summed E-state index contributed by atoms with van der Waals surface area (Å²) < 4.78 is 5.34. The third-order valence-corrected chi connectivity index (χ3v) is 3.81. The average Bonchev–Trinajstić information content (AvgIpc) is 2.77. The molecule has 6 heteroatoms. The van der Waals surface area contributed by atoms with Crippen molar-refractivity contribution in [1.82, 2.24) is 10.4 Å². The lowest BCUT2D eigenvalue weighted by Crippen LogP contribution is -2.28. The van der Waals surface area contributed by atoms with E-state index in [2.05, 4.69) is 10.4 Å². The maximum atomic E-state index is 6.03. The van der Waals surface area contributed by atoms with Crippen molar-refractivity contribution in [3.05, 3.63) is 44.9 Å². The van der Waals surface area contributed by atoms with E-state index in [0.717, 1.165) is 21.2 Å². The molecule has 2 aromatic rings. The predicted molar refractivity (Wildman–Crippen MR) is 74.0 cm³/mol. The van der Waals surface area contributed by atoms with Crippen LogP contribution in [-0.2, 0) is 0 Å². The molecular weight excluding hydrogens is 270 g/mol. The molecule has 0 saturated carbocycles. The predicted octanol–water partition coefficient (Wildman–Crippen LogP) is 2.67. The van der Waals surface area contributed by atoms with Crippen LogP contribution in [0.1, 0.15) is 21.5 Å². The van der Waals surface area contributed by atoms with Gasteiger partial charge in [-0.1, -0.05) is 11.6 Å². The molecule has 3 N–H and O–H groups in total. The highest BCUT2D eigenvalue weighted by Gasteiger charge is 2.19. The van der Waals surface area contributed by atoms with Crippen LogP contribution in [0, 0.1) is 6.92 Å². The van der Waals surface area contributed by atoms with Gasteiger partial charge in [-0.2, -0.15) is 0 Å². The smallest absolute Gasteiger partial charge is 0.124 e. The minimum atomic E-state index is -0.176. The SMILES string of the molecule is COc1ccc(Cl)cc1C(NN)c1cnc(C)s1. The van der Waals surface area contributed by atoms with Gasteiger partial charge in [0.1, 0.15) is 5.75 Å². The van der Waals surface area contributed by atoms with Gasteiger partial charge < -0.3 is 4.74 Å². The molecule has 1 unspecified atom stereocenters. The number of nitrogens with two attached hydrogens (primary N) is 1. The summed E-state index contributed by atoms with van der Waals surface area (Å²) in [6.07, 6.45) is 1.81. The van der Waals surface area contributed by atoms with Gasteiger partial charge in [-0.15, -0.1) is 11.3 Å². The van der Waals surface area contributed by atoms with Crippen molar-refractivity contribution in [2.24, 2.45) is 5.84 Å². The van der Waals surface area contributed by atoms with Crippen LogP contribution in [0.3, 0.4) is 0 Å². The number of nitrogens with zero attached hydrogens (tertiary/aromatic N) is 1. The number of hydrogen-bond donors (Lipinski definition) is 2. The van der Waals surface area contributed by atoms with E-state index >= 15 is 0 Å². The van der Waals surface area contributed by atoms with Gasteiger partial charge in [-0.3, -0.25) is 5.84 Å². The van der Waals surface area contributed by atoms with Gasteiger partial charge >= 0.3 is 0 Å². The molecule has 0 fully saturated rings. The van der Waals surface area contributed by atoms with Crippen LogP contribution in [0.4, 0.5) is 0 Å². The fourth-order valence-corrected chi connectivity index (χ4v) is 2.81. The number of methoxy groups -OCH3 is 1. The Morgan fingerprint density at radius 2 is 2.28 bits per heavy atom. The van der Waals surface area contributed by atoms with Crippen molar-refractivity contribution in [2.45, 2.75) is 13.0 Å². The summed E-state index contributed by atoms with van der Waals surface area (Å²) in [6, 6.07) is 5.29. The Labute approximate surface area is 115 Å². The van der Waals surface area contributed by atoms with Crippen molar-refractivity contribution < 1.29 is 4.74 Å². The van der Waals surface area contributed by atoms with Crippen LogP contribution in [-0.4, -0.2) is 12.1 Å². The van der Waals surface area contributed by atoms with Gasteiger partial charge in [0.2, 0.25) is 0 Å². The molecule has 0 spiro atoms. The molecule has 0 aliphatic rings. The Balaban J connectivity index is 2.47. The number of hydrogen-bond acceptors (Lipinski definition) is 5. The van der Waals surface area contributed by atoms with Gasteiger partial charge in [0.15, 0.2) is 0 Å². The second kappa shape index (κ2) is 5.67. The second-order valence-electron chi connectivity index (χ2n) is 3.77. The molecule has 1 heterocycles. The molecule has 96 valence electrons. The van der Waals surface area contributed by atoms with E-state index in [0.29, 0.717) is 5.02 Å². The number of rotatable bonds is 4. The van der Waals surface area contributed by atoms with Crippen LogP contribution < -0.4 is 16.0 Å². The zero-order valence-corrected chi connectivity index (χ0v) is 11.7.